The summed E-state index contributed by atoms with van der Waals surface area (Å²) in [5.41, 5.74) is 1.50. The van der Waals surface area contributed by atoms with Crippen molar-refractivity contribution in [1.29, 1.82) is 0 Å². The first-order valence-electron chi connectivity index (χ1n) is 7.30. The third kappa shape index (κ3) is 2.63. The lowest BCUT2D eigenvalue weighted by Gasteiger charge is -2.45. The number of rotatable bonds is 3. The third-order valence-corrected chi connectivity index (χ3v) is 4.39. The molecule has 1 unspecified atom stereocenters. The standard InChI is InChI=1S/C15H22N4O/c1-18(2)15(20)13-9-12(3-6-16-13)17-14-10-19-7-4-11(14)5-8-19/h3,6,9,11,14H,4-5,7-8,10H2,1-2H3,(H,16,17). The van der Waals surface area contributed by atoms with Crippen molar-refractivity contribution in [3.05, 3.63) is 24.0 Å². The number of hydrogen-bond donors (Lipinski definition) is 1. The van der Waals surface area contributed by atoms with Gasteiger partial charge in [0, 0.05) is 38.6 Å². The van der Waals surface area contributed by atoms with Crippen molar-refractivity contribution in [3.63, 3.8) is 0 Å². The average Bonchev–Trinajstić information content (AvgIpc) is 2.48. The van der Waals surface area contributed by atoms with Crippen LogP contribution in [0.5, 0.6) is 0 Å². The number of amides is 1. The quantitative estimate of drug-likeness (QED) is 0.902. The van der Waals surface area contributed by atoms with Crippen molar-refractivity contribution in [2.45, 2.75) is 18.9 Å². The topological polar surface area (TPSA) is 48.5 Å². The van der Waals surface area contributed by atoms with Gasteiger partial charge in [-0.2, -0.15) is 0 Å². The lowest BCUT2D eigenvalue weighted by Crippen LogP contribution is -2.53. The molecule has 4 heterocycles. The van der Waals surface area contributed by atoms with E-state index >= 15 is 0 Å². The zero-order chi connectivity index (χ0) is 14.1. The lowest BCUT2D eigenvalue weighted by molar-refractivity contribution is 0.0822. The molecule has 5 heteroatoms. The van der Waals surface area contributed by atoms with Crippen LogP contribution in [0.25, 0.3) is 0 Å². The minimum Gasteiger partial charge on any atom is -0.381 e. The first-order chi connectivity index (χ1) is 9.63. The van der Waals surface area contributed by atoms with Crippen molar-refractivity contribution in [2.75, 3.05) is 39.0 Å². The molecule has 3 aliphatic rings. The molecule has 0 saturated carbocycles. The molecule has 3 aliphatic heterocycles. The van der Waals surface area contributed by atoms with Gasteiger partial charge in [-0.3, -0.25) is 9.78 Å². The Hall–Kier alpha value is -1.62. The summed E-state index contributed by atoms with van der Waals surface area (Å²) >= 11 is 0. The van der Waals surface area contributed by atoms with Crippen LogP contribution in [0, 0.1) is 5.92 Å². The molecule has 3 fully saturated rings. The Kier molecular flexibility index (Phi) is 3.61. The molecule has 1 amide bonds. The van der Waals surface area contributed by atoms with Gasteiger partial charge in [0.15, 0.2) is 0 Å². The number of aromatic nitrogens is 1. The fourth-order valence-corrected chi connectivity index (χ4v) is 3.21. The van der Waals surface area contributed by atoms with Crippen LogP contribution in [0.2, 0.25) is 0 Å². The SMILES string of the molecule is CN(C)C(=O)c1cc(NC2CN3CCC2CC3)ccn1. The summed E-state index contributed by atoms with van der Waals surface area (Å²) in [5, 5.41) is 3.59. The molecule has 0 aliphatic carbocycles. The molecule has 5 nitrogen and oxygen atoms in total. The summed E-state index contributed by atoms with van der Waals surface area (Å²) in [6, 6.07) is 4.31. The van der Waals surface area contributed by atoms with E-state index < -0.39 is 0 Å². The molecule has 1 atom stereocenters. The van der Waals surface area contributed by atoms with Crippen molar-refractivity contribution in [1.82, 2.24) is 14.8 Å². The largest absolute Gasteiger partial charge is 0.381 e. The minimum absolute atomic E-state index is 0.0532. The highest BCUT2D eigenvalue weighted by Gasteiger charge is 2.33. The smallest absolute Gasteiger partial charge is 0.272 e. The summed E-state index contributed by atoms with van der Waals surface area (Å²) in [6.45, 7) is 3.59. The van der Waals surface area contributed by atoms with E-state index in [4.69, 9.17) is 0 Å². The van der Waals surface area contributed by atoms with Gasteiger partial charge in [-0.25, -0.2) is 0 Å². The zero-order valence-corrected chi connectivity index (χ0v) is 12.2. The first-order valence-corrected chi connectivity index (χ1v) is 7.30. The van der Waals surface area contributed by atoms with Crippen LogP contribution < -0.4 is 5.32 Å². The van der Waals surface area contributed by atoms with Crippen molar-refractivity contribution in [2.24, 2.45) is 5.92 Å². The molecule has 108 valence electrons. The van der Waals surface area contributed by atoms with Crippen LogP contribution in [0.15, 0.2) is 18.3 Å². The summed E-state index contributed by atoms with van der Waals surface area (Å²) in [6.07, 6.45) is 4.28. The Morgan fingerprint density at radius 1 is 1.40 bits per heavy atom. The van der Waals surface area contributed by atoms with E-state index in [0.29, 0.717) is 11.7 Å². The molecule has 4 rings (SSSR count). The maximum absolute atomic E-state index is 11.9. The molecule has 2 bridgehead atoms. The van der Waals surface area contributed by atoms with Gasteiger partial charge >= 0.3 is 0 Å². The lowest BCUT2D eigenvalue weighted by atomic mass is 9.84. The number of hydrogen-bond acceptors (Lipinski definition) is 4. The van der Waals surface area contributed by atoms with Gasteiger partial charge in [0.1, 0.15) is 5.69 Å². The normalized spacial score (nSPS) is 28.2. The summed E-state index contributed by atoms with van der Waals surface area (Å²) < 4.78 is 0. The van der Waals surface area contributed by atoms with Crippen molar-refractivity contribution < 1.29 is 4.79 Å². The predicted molar refractivity (Wildman–Crippen MR) is 78.8 cm³/mol. The number of carbonyl (C=O) groups is 1. The summed E-state index contributed by atoms with van der Waals surface area (Å²) in [7, 11) is 3.50. The Morgan fingerprint density at radius 2 is 2.15 bits per heavy atom. The fraction of sp³-hybridized carbons (Fsp3) is 0.600. The van der Waals surface area contributed by atoms with Gasteiger partial charge in [-0.05, 0) is 44.0 Å². The van der Waals surface area contributed by atoms with Crippen LogP contribution >= 0.6 is 0 Å². The van der Waals surface area contributed by atoms with E-state index in [2.05, 4.69) is 15.2 Å². The van der Waals surface area contributed by atoms with Crippen molar-refractivity contribution in [3.8, 4) is 0 Å². The zero-order valence-electron chi connectivity index (χ0n) is 12.2. The van der Waals surface area contributed by atoms with E-state index in [9.17, 15) is 4.79 Å². The van der Waals surface area contributed by atoms with E-state index in [-0.39, 0.29) is 5.91 Å². The molecule has 0 aromatic carbocycles. The van der Waals surface area contributed by atoms with Gasteiger partial charge in [0.2, 0.25) is 0 Å². The van der Waals surface area contributed by atoms with Gasteiger partial charge in [-0.1, -0.05) is 0 Å². The summed E-state index contributed by atoms with van der Waals surface area (Å²) in [5.74, 6) is 0.712. The second-order valence-electron chi connectivity index (χ2n) is 6.02. The van der Waals surface area contributed by atoms with E-state index in [1.54, 1.807) is 25.2 Å². The highest BCUT2D eigenvalue weighted by molar-refractivity contribution is 5.92. The Balaban J connectivity index is 1.71. The second kappa shape index (κ2) is 5.40. The molecule has 20 heavy (non-hydrogen) atoms. The first kappa shape index (κ1) is 13.4. The second-order valence-corrected chi connectivity index (χ2v) is 6.02. The fourth-order valence-electron chi connectivity index (χ4n) is 3.21. The molecule has 1 N–H and O–H groups in total. The Morgan fingerprint density at radius 3 is 2.75 bits per heavy atom. The molecular formula is C15H22N4O. The third-order valence-electron chi connectivity index (χ3n) is 4.39. The van der Waals surface area contributed by atoms with Crippen LogP contribution in [0.1, 0.15) is 23.3 Å². The van der Waals surface area contributed by atoms with Gasteiger partial charge < -0.3 is 15.1 Å². The van der Waals surface area contributed by atoms with Gasteiger partial charge in [0.05, 0.1) is 0 Å². The van der Waals surface area contributed by atoms with E-state index in [1.165, 1.54) is 25.9 Å². The van der Waals surface area contributed by atoms with Crippen LogP contribution in [0.4, 0.5) is 5.69 Å². The highest BCUT2D eigenvalue weighted by atomic mass is 16.2. The number of fused-ring (bicyclic) bond motifs is 3. The number of anilines is 1. The number of nitrogens with one attached hydrogen (secondary N) is 1. The molecule has 0 radical (unpaired) electrons. The average molecular weight is 274 g/mol. The number of pyridine rings is 1. The monoisotopic (exact) mass is 274 g/mol. The van der Waals surface area contributed by atoms with Crippen LogP contribution in [-0.2, 0) is 0 Å². The maximum atomic E-state index is 11.9. The van der Waals surface area contributed by atoms with Gasteiger partial charge in [0.25, 0.3) is 5.91 Å². The Labute approximate surface area is 120 Å². The predicted octanol–water partition coefficient (Wildman–Crippen LogP) is 1.29. The maximum Gasteiger partial charge on any atom is 0.272 e. The highest BCUT2D eigenvalue weighted by Crippen LogP contribution is 2.29. The Bertz CT molecular complexity index is 494. The summed E-state index contributed by atoms with van der Waals surface area (Å²) in [4.78, 5) is 20.2. The molecule has 1 aromatic heterocycles. The van der Waals surface area contributed by atoms with Crippen LogP contribution in [-0.4, -0.2) is 60.5 Å². The number of carbonyl (C=O) groups excluding carboxylic acids is 1. The van der Waals surface area contributed by atoms with E-state index in [0.717, 1.165) is 18.2 Å². The van der Waals surface area contributed by atoms with E-state index in [1.807, 2.05) is 12.1 Å². The van der Waals surface area contributed by atoms with Crippen LogP contribution in [0.3, 0.4) is 0 Å². The molecule has 3 saturated heterocycles. The molecule has 1 aromatic rings. The number of piperidine rings is 3. The minimum atomic E-state index is -0.0532. The molecular weight excluding hydrogens is 252 g/mol. The van der Waals surface area contributed by atoms with Crippen molar-refractivity contribution >= 4 is 11.6 Å². The van der Waals surface area contributed by atoms with Gasteiger partial charge in [-0.15, -0.1) is 0 Å². The molecule has 0 spiro atoms. The number of nitrogens with zero attached hydrogens (tertiary/aromatic N) is 3.